The number of piperidine rings is 1. The molecule has 1 aromatic heterocycles. The number of primary amides is 1. The summed E-state index contributed by atoms with van der Waals surface area (Å²) in [6.07, 6.45) is 6.21. The number of carbonyl (C=O) groups is 2. The first-order valence-corrected chi connectivity index (χ1v) is 8.30. The van der Waals surface area contributed by atoms with E-state index in [-0.39, 0.29) is 23.8 Å². The molecule has 0 saturated carbocycles. The van der Waals surface area contributed by atoms with Crippen molar-refractivity contribution < 1.29 is 9.59 Å². The molecule has 0 spiro atoms. The zero-order valence-electron chi connectivity index (χ0n) is 14.1. The van der Waals surface area contributed by atoms with Crippen molar-refractivity contribution in [2.75, 3.05) is 6.54 Å². The van der Waals surface area contributed by atoms with Gasteiger partial charge in [-0.05, 0) is 38.0 Å². The zero-order valence-corrected chi connectivity index (χ0v) is 14.1. The molecule has 0 bridgehead atoms. The van der Waals surface area contributed by atoms with Crippen molar-refractivity contribution in [3.63, 3.8) is 0 Å². The normalized spacial score (nSPS) is 20.8. The number of likely N-dealkylation sites (tertiary alicyclic amines) is 1. The minimum atomic E-state index is -0.348. The molecule has 3 rings (SSSR count). The standard InChI is InChI=1S/C18H21N5O2/c1-13-7-8-14(18(19)25)12-22(13)17(24)10-9-15-11-20-23(21-15)16-5-3-2-4-6-16/h2-6,9-11,13-14H,7-8,12H2,1H3,(H2,19,25). The van der Waals surface area contributed by atoms with Gasteiger partial charge >= 0.3 is 0 Å². The fourth-order valence-corrected chi connectivity index (χ4v) is 2.94. The van der Waals surface area contributed by atoms with Crippen molar-refractivity contribution in [2.24, 2.45) is 11.7 Å². The maximum absolute atomic E-state index is 12.5. The van der Waals surface area contributed by atoms with Crippen molar-refractivity contribution in [2.45, 2.75) is 25.8 Å². The quantitative estimate of drug-likeness (QED) is 0.852. The van der Waals surface area contributed by atoms with E-state index in [9.17, 15) is 9.59 Å². The predicted octanol–water partition coefficient (Wildman–Crippen LogP) is 1.39. The molecule has 2 N–H and O–H groups in total. The predicted molar refractivity (Wildman–Crippen MR) is 93.5 cm³/mol. The van der Waals surface area contributed by atoms with Crippen molar-refractivity contribution in [1.82, 2.24) is 19.9 Å². The summed E-state index contributed by atoms with van der Waals surface area (Å²) in [5, 5.41) is 8.53. The number of nitrogens with zero attached hydrogens (tertiary/aromatic N) is 4. The van der Waals surface area contributed by atoms with E-state index in [0.29, 0.717) is 12.2 Å². The lowest BCUT2D eigenvalue weighted by Crippen LogP contribution is -2.48. The number of nitrogens with two attached hydrogens (primary N) is 1. The lowest BCUT2D eigenvalue weighted by atomic mass is 9.93. The lowest BCUT2D eigenvalue weighted by molar-refractivity contribution is -0.133. The molecule has 1 aliphatic rings. The molecule has 1 saturated heterocycles. The van der Waals surface area contributed by atoms with Crippen LogP contribution in [0.1, 0.15) is 25.5 Å². The monoisotopic (exact) mass is 339 g/mol. The van der Waals surface area contributed by atoms with E-state index >= 15 is 0 Å². The number of hydrogen-bond donors (Lipinski definition) is 1. The Morgan fingerprint density at radius 3 is 2.72 bits per heavy atom. The highest BCUT2D eigenvalue weighted by Gasteiger charge is 2.30. The summed E-state index contributed by atoms with van der Waals surface area (Å²) in [7, 11) is 0. The molecular weight excluding hydrogens is 318 g/mol. The Hall–Kier alpha value is -2.96. The van der Waals surface area contributed by atoms with Gasteiger partial charge in [0, 0.05) is 18.7 Å². The Bertz CT molecular complexity index is 784. The highest BCUT2D eigenvalue weighted by Crippen LogP contribution is 2.22. The van der Waals surface area contributed by atoms with Gasteiger partial charge in [0.05, 0.1) is 17.8 Å². The molecule has 2 atom stereocenters. The molecule has 130 valence electrons. The molecule has 1 aromatic carbocycles. The Morgan fingerprint density at radius 1 is 1.24 bits per heavy atom. The summed E-state index contributed by atoms with van der Waals surface area (Å²) in [5.41, 5.74) is 6.82. The third kappa shape index (κ3) is 3.93. The van der Waals surface area contributed by atoms with E-state index in [4.69, 9.17) is 5.73 Å². The number of carbonyl (C=O) groups excluding carboxylic acids is 2. The average Bonchev–Trinajstić information content (AvgIpc) is 3.09. The number of para-hydroxylation sites is 1. The summed E-state index contributed by atoms with van der Waals surface area (Å²) in [6.45, 7) is 2.35. The van der Waals surface area contributed by atoms with Gasteiger partial charge in [0.15, 0.2) is 0 Å². The molecule has 1 aliphatic heterocycles. The van der Waals surface area contributed by atoms with E-state index in [0.717, 1.165) is 18.5 Å². The third-order valence-electron chi connectivity index (χ3n) is 4.46. The van der Waals surface area contributed by atoms with Crippen LogP contribution in [0.25, 0.3) is 11.8 Å². The van der Waals surface area contributed by atoms with E-state index in [1.54, 1.807) is 17.2 Å². The molecule has 7 heteroatoms. The highest BCUT2D eigenvalue weighted by atomic mass is 16.2. The number of rotatable bonds is 4. The molecule has 2 aromatic rings. The van der Waals surface area contributed by atoms with Crippen molar-refractivity contribution >= 4 is 17.9 Å². The van der Waals surface area contributed by atoms with Crippen LogP contribution in [-0.4, -0.2) is 44.3 Å². The van der Waals surface area contributed by atoms with Crippen LogP contribution >= 0.6 is 0 Å². The van der Waals surface area contributed by atoms with Crippen LogP contribution in [0.4, 0.5) is 0 Å². The average molecular weight is 339 g/mol. The number of amides is 2. The smallest absolute Gasteiger partial charge is 0.246 e. The van der Waals surface area contributed by atoms with Crippen LogP contribution in [0.2, 0.25) is 0 Å². The summed E-state index contributed by atoms with van der Waals surface area (Å²) in [4.78, 5) is 27.1. The van der Waals surface area contributed by atoms with Gasteiger partial charge in [0.2, 0.25) is 11.8 Å². The van der Waals surface area contributed by atoms with Crippen LogP contribution in [0.3, 0.4) is 0 Å². The number of aromatic nitrogens is 3. The minimum absolute atomic E-state index is 0.0905. The maximum atomic E-state index is 12.5. The molecule has 2 heterocycles. The van der Waals surface area contributed by atoms with E-state index in [1.165, 1.54) is 10.9 Å². The van der Waals surface area contributed by atoms with E-state index in [2.05, 4.69) is 10.2 Å². The summed E-state index contributed by atoms with van der Waals surface area (Å²) in [6, 6.07) is 9.63. The lowest BCUT2D eigenvalue weighted by Gasteiger charge is -2.36. The van der Waals surface area contributed by atoms with Gasteiger partial charge in [-0.1, -0.05) is 18.2 Å². The van der Waals surface area contributed by atoms with Crippen LogP contribution in [-0.2, 0) is 9.59 Å². The largest absolute Gasteiger partial charge is 0.369 e. The van der Waals surface area contributed by atoms with Gasteiger partial charge in [-0.15, -0.1) is 5.10 Å². The minimum Gasteiger partial charge on any atom is -0.369 e. The van der Waals surface area contributed by atoms with Crippen LogP contribution in [0, 0.1) is 5.92 Å². The molecule has 25 heavy (non-hydrogen) atoms. The first-order chi connectivity index (χ1) is 12.0. The van der Waals surface area contributed by atoms with Crippen LogP contribution < -0.4 is 5.73 Å². The van der Waals surface area contributed by atoms with Crippen molar-refractivity contribution in [3.05, 3.63) is 48.3 Å². The van der Waals surface area contributed by atoms with Gasteiger partial charge in [0.1, 0.15) is 5.69 Å². The first-order valence-electron chi connectivity index (χ1n) is 8.30. The maximum Gasteiger partial charge on any atom is 0.246 e. The van der Waals surface area contributed by atoms with Gasteiger partial charge in [-0.3, -0.25) is 9.59 Å². The van der Waals surface area contributed by atoms with E-state index < -0.39 is 0 Å². The molecule has 0 radical (unpaired) electrons. The molecule has 7 nitrogen and oxygen atoms in total. The summed E-state index contributed by atoms with van der Waals surface area (Å²) >= 11 is 0. The Labute approximate surface area is 146 Å². The summed E-state index contributed by atoms with van der Waals surface area (Å²) in [5.74, 6) is -0.764. The van der Waals surface area contributed by atoms with Crippen LogP contribution in [0.5, 0.6) is 0 Å². The molecule has 2 unspecified atom stereocenters. The third-order valence-corrected chi connectivity index (χ3v) is 4.46. The van der Waals surface area contributed by atoms with Gasteiger partial charge in [-0.2, -0.15) is 9.90 Å². The van der Waals surface area contributed by atoms with Crippen LogP contribution in [0.15, 0.2) is 42.6 Å². The fourth-order valence-electron chi connectivity index (χ4n) is 2.94. The van der Waals surface area contributed by atoms with Crippen molar-refractivity contribution in [3.8, 4) is 5.69 Å². The topological polar surface area (TPSA) is 94.1 Å². The first kappa shape index (κ1) is 16.9. The van der Waals surface area contributed by atoms with Gasteiger partial charge in [0.25, 0.3) is 0 Å². The second-order valence-corrected chi connectivity index (χ2v) is 6.24. The zero-order chi connectivity index (χ0) is 17.8. The Balaban J connectivity index is 1.68. The van der Waals surface area contributed by atoms with Gasteiger partial charge in [-0.25, -0.2) is 0 Å². The number of benzene rings is 1. The van der Waals surface area contributed by atoms with Crippen molar-refractivity contribution in [1.29, 1.82) is 0 Å². The Kier molecular flexibility index (Phi) is 4.92. The Morgan fingerprint density at radius 2 is 2.00 bits per heavy atom. The second-order valence-electron chi connectivity index (χ2n) is 6.24. The van der Waals surface area contributed by atoms with Gasteiger partial charge < -0.3 is 10.6 Å². The molecular formula is C18H21N5O2. The molecule has 0 aliphatic carbocycles. The number of hydrogen-bond acceptors (Lipinski definition) is 4. The highest BCUT2D eigenvalue weighted by molar-refractivity contribution is 5.92. The van der Waals surface area contributed by atoms with E-state index in [1.807, 2.05) is 37.3 Å². The summed E-state index contributed by atoms with van der Waals surface area (Å²) < 4.78 is 0. The molecule has 2 amide bonds. The fraction of sp³-hybridized carbons (Fsp3) is 0.333. The SMILES string of the molecule is CC1CCC(C(N)=O)CN1C(=O)C=Cc1cnn(-c2ccccc2)n1. The molecule has 1 fully saturated rings. The second kappa shape index (κ2) is 7.29.